The summed E-state index contributed by atoms with van der Waals surface area (Å²) in [5.74, 6) is 0.965. The molecule has 2 heterocycles. The van der Waals surface area contributed by atoms with Gasteiger partial charge in [0, 0.05) is 38.1 Å². The number of rotatable bonds is 6. The van der Waals surface area contributed by atoms with Gasteiger partial charge in [-0.1, -0.05) is 24.4 Å². The van der Waals surface area contributed by atoms with Crippen molar-refractivity contribution in [1.29, 1.82) is 0 Å². The van der Waals surface area contributed by atoms with Crippen LogP contribution >= 0.6 is 12.2 Å². The predicted octanol–water partition coefficient (Wildman–Crippen LogP) is 2.47. The molecule has 0 saturated heterocycles. The van der Waals surface area contributed by atoms with Crippen molar-refractivity contribution >= 4 is 23.0 Å². The van der Waals surface area contributed by atoms with Crippen molar-refractivity contribution in [2.75, 3.05) is 11.4 Å². The standard InChI is InChI=1S/C15H18N4S/c1-12-4-2-8-18-15(12)19(9-6-14(16)20)11-13-5-3-7-17-10-13/h2-5,7-8,10H,6,9,11H2,1H3,(H2,16,20). The van der Waals surface area contributed by atoms with Crippen LogP contribution in [0.25, 0.3) is 0 Å². The molecule has 104 valence electrons. The molecule has 0 spiro atoms. The van der Waals surface area contributed by atoms with Gasteiger partial charge in [-0.25, -0.2) is 4.98 Å². The molecule has 0 aliphatic rings. The number of hydrogen-bond acceptors (Lipinski definition) is 4. The summed E-state index contributed by atoms with van der Waals surface area (Å²) in [5.41, 5.74) is 7.90. The van der Waals surface area contributed by atoms with E-state index in [2.05, 4.69) is 33.9 Å². The Hall–Kier alpha value is -2.01. The topological polar surface area (TPSA) is 55.0 Å². The number of nitrogens with two attached hydrogens (primary N) is 1. The molecular formula is C15H18N4S. The minimum absolute atomic E-state index is 0.523. The summed E-state index contributed by atoms with van der Waals surface area (Å²) >= 11 is 4.98. The zero-order valence-corrected chi connectivity index (χ0v) is 12.3. The molecule has 2 aromatic heterocycles. The molecule has 4 nitrogen and oxygen atoms in total. The lowest BCUT2D eigenvalue weighted by Crippen LogP contribution is -2.28. The van der Waals surface area contributed by atoms with E-state index in [4.69, 9.17) is 18.0 Å². The fourth-order valence-corrected chi connectivity index (χ4v) is 2.12. The molecule has 0 saturated carbocycles. The molecule has 0 aromatic carbocycles. The molecule has 2 N–H and O–H groups in total. The van der Waals surface area contributed by atoms with Crippen LogP contribution in [0.4, 0.5) is 5.82 Å². The molecule has 2 rings (SSSR count). The fourth-order valence-electron chi connectivity index (χ4n) is 2.03. The van der Waals surface area contributed by atoms with Crippen LogP contribution in [0.5, 0.6) is 0 Å². The van der Waals surface area contributed by atoms with E-state index in [1.165, 1.54) is 0 Å². The summed E-state index contributed by atoms with van der Waals surface area (Å²) < 4.78 is 0. The van der Waals surface area contributed by atoms with Gasteiger partial charge in [-0.3, -0.25) is 4.98 Å². The molecule has 0 fully saturated rings. The highest BCUT2D eigenvalue weighted by Crippen LogP contribution is 2.18. The predicted molar refractivity (Wildman–Crippen MR) is 85.7 cm³/mol. The van der Waals surface area contributed by atoms with Crippen molar-refractivity contribution in [1.82, 2.24) is 9.97 Å². The van der Waals surface area contributed by atoms with Gasteiger partial charge in [0.05, 0.1) is 4.99 Å². The minimum atomic E-state index is 0.523. The Bertz CT molecular complexity index is 571. The number of aromatic nitrogens is 2. The van der Waals surface area contributed by atoms with Crippen LogP contribution in [0, 0.1) is 6.92 Å². The first-order chi connectivity index (χ1) is 9.66. The van der Waals surface area contributed by atoms with E-state index in [0.717, 1.165) is 30.0 Å². The van der Waals surface area contributed by atoms with Gasteiger partial charge in [-0.2, -0.15) is 0 Å². The maximum Gasteiger partial charge on any atom is 0.131 e. The second-order valence-electron chi connectivity index (χ2n) is 4.64. The summed E-state index contributed by atoms with van der Waals surface area (Å²) in [4.78, 5) is 11.3. The molecule has 0 amide bonds. The van der Waals surface area contributed by atoms with Crippen LogP contribution in [0.3, 0.4) is 0 Å². The molecule has 0 atom stereocenters. The van der Waals surface area contributed by atoms with Gasteiger partial charge < -0.3 is 10.6 Å². The molecule has 0 radical (unpaired) electrons. The summed E-state index contributed by atoms with van der Waals surface area (Å²) in [6.07, 6.45) is 6.12. The Labute approximate surface area is 124 Å². The zero-order chi connectivity index (χ0) is 14.4. The van der Waals surface area contributed by atoms with E-state index in [1.54, 1.807) is 12.4 Å². The Morgan fingerprint density at radius 1 is 1.30 bits per heavy atom. The molecule has 0 bridgehead atoms. The normalized spacial score (nSPS) is 10.2. The molecule has 0 aliphatic carbocycles. The highest BCUT2D eigenvalue weighted by Gasteiger charge is 2.11. The number of pyridine rings is 2. The number of hydrogen-bond donors (Lipinski definition) is 1. The van der Waals surface area contributed by atoms with Crippen molar-refractivity contribution in [2.45, 2.75) is 19.9 Å². The lowest BCUT2D eigenvalue weighted by Gasteiger charge is -2.25. The van der Waals surface area contributed by atoms with Crippen molar-refractivity contribution in [3.63, 3.8) is 0 Å². The smallest absolute Gasteiger partial charge is 0.131 e. The number of nitrogens with zero attached hydrogens (tertiary/aromatic N) is 3. The van der Waals surface area contributed by atoms with E-state index < -0.39 is 0 Å². The van der Waals surface area contributed by atoms with Gasteiger partial charge in [0.1, 0.15) is 5.82 Å². The van der Waals surface area contributed by atoms with Crippen molar-refractivity contribution in [3.8, 4) is 0 Å². The third kappa shape index (κ3) is 3.99. The summed E-state index contributed by atoms with van der Waals surface area (Å²) in [6.45, 7) is 3.55. The van der Waals surface area contributed by atoms with Gasteiger partial charge in [0.2, 0.25) is 0 Å². The zero-order valence-electron chi connectivity index (χ0n) is 11.5. The monoisotopic (exact) mass is 286 g/mol. The molecule has 20 heavy (non-hydrogen) atoms. The van der Waals surface area contributed by atoms with Crippen LogP contribution in [-0.4, -0.2) is 21.5 Å². The van der Waals surface area contributed by atoms with Crippen LogP contribution in [-0.2, 0) is 6.54 Å². The maximum absolute atomic E-state index is 5.62. The van der Waals surface area contributed by atoms with Gasteiger partial charge in [-0.15, -0.1) is 0 Å². The van der Waals surface area contributed by atoms with Gasteiger partial charge in [0.25, 0.3) is 0 Å². The van der Waals surface area contributed by atoms with E-state index >= 15 is 0 Å². The Morgan fingerprint density at radius 3 is 2.75 bits per heavy atom. The minimum Gasteiger partial charge on any atom is -0.393 e. The lowest BCUT2D eigenvalue weighted by atomic mass is 10.2. The van der Waals surface area contributed by atoms with E-state index in [1.807, 2.05) is 18.3 Å². The number of aryl methyl sites for hydroxylation is 1. The van der Waals surface area contributed by atoms with Gasteiger partial charge in [0.15, 0.2) is 0 Å². The molecule has 0 unspecified atom stereocenters. The summed E-state index contributed by atoms with van der Waals surface area (Å²) in [7, 11) is 0. The quantitative estimate of drug-likeness (QED) is 0.827. The van der Waals surface area contributed by atoms with Crippen LogP contribution < -0.4 is 10.6 Å². The van der Waals surface area contributed by atoms with E-state index in [-0.39, 0.29) is 0 Å². The largest absolute Gasteiger partial charge is 0.393 e. The Kier molecular flexibility index (Phi) is 5.01. The highest BCUT2D eigenvalue weighted by atomic mass is 32.1. The van der Waals surface area contributed by atoms with Crippen LogP contribution in [0.15, 0.2) is 42.9 Å². The highest BCUT2D eigenvalue weighted by molar-refractivity contribution is 7.80. The first kappa shape index (κ1) is 14.4. The average Bonchev–Trinajstić information content (AvgIpc) is 2.45. The summed E-state index contributed by atoms with van der Waals surface area (Å²) in [5, 5.41) is 0. The fraction of sp³-hybridized carbons (Fsp3) is 0.267. The lowest BCUT2D eigenvalue weighted by molar-refractivity contribution is 0.784. The van der Waals surface area contributed by atoms with Gasteiger partial charge >= 0.3 is 0 Å². The second-order valence-corrected chi connectivity index (χ2v) is 5.17. The average molecular weight is 286 g/mol. The van der Waals surface area contributed by atoms with Crippen molar-refractivity contribution in [3.05, 3.63) is 54.0 Å². The van der Waals surface area contributed by atoms with E-state index in [9.17, 15) is 0 Å². The summed E-state index contributed by atoms with van der Waals surface area (Å²) in [6, 6.07) is 7.99. The maximum atomic E-state index is 5.62. The molecular weight excluding hydrogens is 268 g/mol. The van der Waals surface area contributed by atoms with Crippen LogP contribution in [0.2, 0.25) is 0 Å². The molecule has 0 aliphatic heterocycles. The third-order valence-electron chi connectivity index (χ3n) is 3.01. The van der Waals surface area contributed by atoms with Crippen molar-refractivity contribution in [2.24, 2.45) is 5.73 Å². The van der Waals surface area contributed by atoms with Crippen LogP contribution in [0.1, 0.15) is 17.5 Å². The van der Waals surface area contributed by atoms with Gasteiger partial charge in [-0.05, 0) is 30.2 Å². The first-order valence-electron chi connectivity index (χ1n) is 6.50. The molecule has 2 aromatic rings. The third-order valence-corrected chi connectivity index (χ3v) is 3.21. The van der Waals surface area contributed by atoms with Crippen molar-refractivity contribution < 1.29 is 0 Å². The Morgan fingerprint density at radius 2 is 2.10 bits per heavy atom. The molecule has 5 heteroatoms. The second kappa shape index (κ2) is 6.96. The Balaban J connectivity index is 2.20. The number of thiocarbonyl (C=S) groups is 1. The first-order valence-corrected chi connectivity index (χ1v) is 6.91. The SMILES string of the molecule is Cc1cccnc1N(CCC(N)=S)Cc1cccnc1. The number of anilines is 1. The van der Waals surface area contributed by atoms with E-state index in [0.29, 0.717) is 11.4 Å².